The van der Waals surface area contributed by atoms with Gasteiger partial charge in [0.25, 0.3) is 0 Å². The van der Waals surface area contributed by atoms with Crippen molar-refractivity contribution in [1.82, 2.24) is 15.5 Å². The normalized spacial score (nSPS) is 10.9. The molecule has 2 N–H and O–H groups in total. The Hall–Kier alpha value is -2.63. The fraction of sp³-hybridized carbons (Fsp3) is 0.391. The molecule has 0 aliphatic heterocycles. The van der Waals surface area contributed by atoms with Crippen molar-refractivity contribution >= 4 is 35.8 Å². The lowest BCUT2D eigenvalue weighted by Crippen LogP contribution is -2.44. The van der Waals surface area contributed by atoms with Crippen molar-refractivity contribution in [2.75, 3.05) is 26.7 Å². The number of carbonyl (C=O) groups excluding carboxylic acids is 1. The van der Waals surface area contributed by atoms with E-state index in [0.717, 1.165) is 5.56 Å². The maximum absolute atomic E-state index is 12.7. The fourth-order valence-corrected chi connectivity index (χ4v) is 2.97. The number of amides is 1. The first kappa shape index (κ1) is 28.4. The van der Waals surface area contributed by atoms with Gasteiger partial charge >= 0.3 is 6.61 Å². The zero-order valence-electron chi connectivity index (χ0n) is 19.0. The molecule has 0 heterocycles. The highest BCUT2D eigenvalue weighted by Gasteiger charge is 2.14. The van der Waals surface area contributed by atoms with Gasteiger partial charge in [0.05, 0.1) is 20.2 Å². The van der Waals surface area contributed by atoms with Crippen LogP contribution in [0.25, 0.3) is 0 Å². The molecular formula is C23H31F2IN4O3. The van der Waals surface area contributed by atoms with Crippen molar-refractivity contribution < 1.29 is 23.0 Å². The third-order valence-electron chi connectivity index (χ3n) is 4.59. The van der Waals surface area contributed by atoms with Gasteiger partial charge in [-0.2, -0.15) is 8.78 Å². The van der Waals surface area contributed by atoms with Gasteiger partial charge in [-0.1, -0.05) is 30.3 Å². The van der Waals surface area contributed by atoms with Crippen molar-refractivity contribution in [2.24, 2.45) is 4.99 Å². The Bertz CT molecular complexity index is 885. The second-order valence-corrected chi connectivity index (χ2v) is 6.79. The van der Waals surface area contributed by atoms with Gasteiger partial charge in [-0.3, -0.25) is 4.79 Å². The summed E-state index contributed by atoms with van der Waals surface area (Å²) in [6, 6.07) is 14.3. The number of hydrogen-bond acceptors (Lipinski definition) is 4. The number of benzene rings is 2. The molecule has 0 saturated heterocycles. The first-order chi connectivity index (χ1) is 15.5. The molecule has 0 unspecified atom stereocenters. The minimum Gasteiger partial charge on any atom is -0.497 e. The summed E-state index contributed by atoms with van der Waals surface area (Å²) in [5.41, 5.74) is 1.49. The minimum atomic E-state index is -2.94. The topological polar surface area (TPSA) is 75.2 Å². The van der Waals surface area contributed by atoms with Crippen LogP contribution in [0.5, 0.6) is 11.5 Å². The molecule has 0 aromatic heterocycles. The second-order valence-electron chi connectivity index (χ2n) is 6.79. The van der Waals surface area contributed by atoms with Crippen LogP contribution in [0.2, 0.25) is 0 Å². The summed E-state index contributed by atoms with van der Waals surface area (Å²) in [5.74, 6) is 0.841. The van der Waals surface area contributed by atoms with Crippen molar-refractivity contribution in [3.8, 4) is 11.5 Å². The first-order valence-corrected chi connectivity index (χ1v) is 10.4. The number of likely N-dealkylation sites (N-methyl/N-ethyl adjacent to an activating group) is 1. The van der Waals surface area contributed by atoms with Gasteiger partial charge in [0.1, 0.15) is 11.5 Å². The molecule has 0 bridgehead atoms. The number of guanidine groups is 1. The number of halogens is 3. The summed E-state index contributed by atoms with van der Waals surface area (Å²) in [6.45, 7) is 2.64. The highest BCUT2D eigenvalue weighted by molar-refractivity contribution is 14.0. The fourth-order valence-electron chi connectivity index (χ4n) is 2.97. The minimum absolute atomic E-state index is 0. The van der Waals surface area contributed by atoms with E-state index in [9.17, 15) is 13.6 Å². The third-order valence-corrected chi connectivity index (χ3v) is 4.59. The van der Waals surface area contributed by atoms with Gasteiger partial charge in [-0.05, 0) is 37.6 Å². The summed E-state index contributed by atoms with van der Waals surface area (Å²) in [5, 5.41) is 6.06. The Morgan fingerprint density at radius 2 is 1.85 bits per heavy atom. The van der Waals surface area contributed by atoms with Crippen LogP contribution >= 0.6 is 24.0 Å². The zero-order chi connectivity index (χ0) is 23.3. The molecule has 182 valence electrons. The SMILES string of the molecule is CCNC(=NCc1cc(OC)ccc1OC(F)F)NCC(=O)N(CC)Cc1ccccc1.I. The van der Waals surface area contributed by atoms with E-state index in [4.69, 9.17) is 4.74 Å². The van der Waals surface area contributed by atoms with Crippen LogP contribution in [0.15, 0.2) is 53.5 Å². The molecule has 0 saturated carbocycles. The smallest absolute Gasteiger partial charge is 0.387 e. The van der Waals surface area contributed by atoms with E-state index in [0.29, 0.717) is 36.9 Å². The summed E-state index contributed by atoms with van der Waals surface area (Å²) in [7, 11) is 1.49. The van der Waals surface area contributed by atoms with Gasteiger partial charge in [-0.25, -0.2) is 4.99 Å². The quantitative estimate of drug-likeness (QED) is 0.240. The van der Waals surface area contributed by atoms with Crippen molar-refractivity contribution in [3.63, 3.8) is 0 Å². The number of nitrogens with one attached hydrogen (secondary N) is 2. The highest BCUT2D eigenvalue weighted by Crippen LogP contribution is 2.26. The van der Waals surface area contributed by atoms with E-state index in [2.05, 4.69) is 20.4 Å². The summed E-state index contributed by atoms with van der Waals surface area (Å²) < 4.78 is 35.2. The largest absolute Gasteiger partial charge is 0.497 e. The lowest BCUT2D eigenvalue weighted by atomic mass is 10.2. The van der Waals surface area contributed by atoms with Gasteiger partial charge in [0.2, 0.25) is 5.91 Å². The van der Waals surface area contributed by atoms with Crippen LogP contribution in [0.1, 0.15) is 25.0 Å². The standard InChI is InChI=1S/C23H30F2N4O3.HI/c1-4-26-23(27-14-18-13-19(31-3)11-12-20(18)32-22(24)25)28-15-21(30)29(5-2)16-17-9-7-6-8-10-17;/h6-13,22H,4-5,14-16H2,1-3H3,(H2,26,27,28);1H. The number of hydrogen-bond donors (Lipinski definition) is 2. The average molecular weight is 576 g/mol. The summed E-state index contributed by atoms with van der Waals surface area (Å²) in [6.07, 6.45) is 0. The Kier molecular flexibility index (Phi) is 13.1. The van der Waals surface area contributed by atoms with Crippen molar-refractivity contribution in [2.45, 2.75) is 33.5 Å². The van der Waals surface area contributed by atoms with Crippen LogP contribution in [0, 0.1) is 0 Å². The number of alkyl halides is 2. The Morgan fingerprint density at radius 1 is 1.12 bits per heavy atom. The number of carbonyl (C=O) groups is 1. The van der Waals surface area contributed by atoms with Gasteiger partial charge < -0.3 is 25.0 Å². The summed E-state index contributed by atoms with van der Waals surface area (Å²) >= 11 is 0. The van der Waals surface area contributed by atoms with E-state index in [1.807, 2.05) is 44.2 Å². The molecule has 2 aromatic carbocycles. The number of aliphatic imine (C=N–C) groups is 1. The van der Waals surface area contributed by atoms with Gasteiger partial charge in [0.15, 0.2) is 5.96 Å². The molecule has 0 atom stereocenters. The second kappa shape index (κ2) is 15.3. The molecule has 0 fully saturated rings. The lowest BCUT2D eigenvalue weighted by Gasteiger charge is -2.22. The van der Waals surface area contributed by atoms with E-state index in [1.54, 1.807) is 17.0 Å². The van der Waals surface area contributed by atoms with Crippen LogP contribution in [-0.4, -0.2) is 50.1 Å². The van der Waals surface area contributed by atoms with Crippen LogP contribution in [-0.2, 0) is 17.9 Å². The van der Waals surface area contributed by atoms with Gasteiger partial charge in [0, 0.05) is 25.2 Å². The van der Waals surface area contributed by atoms with Crippen molar-refractivity contribution in [1.29, 1.82) is 0 Å². The maximum atomic E-state index is 12.7. The number of rotatable bonds is 11. The number of ether oxygens (including phenoxy) is 2. The molecule has 2 aromatic rings. The van der Waals surface area contributed by atoms with E-state index in [-0.39, 0.29) is 48.7 Å². The third kappa shape index (κ3) is 9.80. The van der Waals surface area contributed by atoms with Gasteiger partial charge in [-0.15, -0.1) is 24.0 Å². The molecule has 0 aliphatic rings. The Labute approximate surface area is 210 Å². The molecule has 7 nitrogen and oxygen atoms in total. The van der Waals surface area contributed by atoms with Crippen molar-refractivity contribution in [3.05, 3.63) is 59.7 Å². The van der Waals surface area contributed by atoms with E-state index >= 15 is 0 Å². The molecule has 10 heteroatoms. The van der Waals surface area contributed by atoms with Crippen LogP contribution < -0.4 is 20.1 Å². The monoisotopic (exact) mass is 576 g/mol. The molecule has 0 radical (unpaired) electrons. The molecule has 1 amide bonds. The Morgan fingerprint density at radius 3 is 2.45 bits per heavy atom. The molecule has 2 rings (SSSR count). The molecule has 0 spiro atoms. The summed E-state index contributed by atoms with van der Waals surface area (Å²) in [4.78, 5) is 18.8. The average Bonchev–Trinajstić information content (AvgIpc) is 2.80. The van der Waals surface area contributed by atoms with E-state index < -0.39 is 6.61 Å². The number of nitrogens with zero attached hydrogens (tertiary/aromatic N) is 2. The zero-order valence-corrected chi connectivity index (χ0v) is 21.3. The molecule has 0 aliphatic carbocycles. The molecule has 33 heavy (non-hydrogen) atoms. The highest BCUT2D eigenvalue weighted by atomic mass is 127. The predicted molar refractivity (Wildman–Crippen MR) is 135 cm³/mol. The van der Waals surface area contributed by atoms with Crippen LogP contribution in [0.4, 0.5) is 8.78 Å². The van der Waals surface area contributed by atoms with E-state index in [1.165, 1.54) is 13.2 Å². The maximum Gasteiger partial charge on any atom is 0.387 e. The predicted octanol–water partition coefficient (Wildman–Crippen LogP) is 4.02. The molecular weight excluding hydrogens is 545 g/mol. The van der Waals surface area contributed by atoms with Crippen LogP contribution in [0.3, 0.4) is 0 Å². The Balaban J connectivity index is 0.00000544. The number of methoxy groups -OCH3 is 1. The lowest BCUT2D eigenvalue weighted by molar-refractivity contribution is -0.130. The first-order valence-electron chi connectivity index (χ1n) is 10.4.